The molecule has 2 atom stereocenters. The fraction of sp³-hybridized carbons (Fsp3) is 0.333. The van der Waals surface area contributed by atoms with Crippen LogP contribution in [0.2, 0.25) is 0 Å². The van der Waals surface area contributed by atoms with Crippen molar-refractivity contribution in [2.45, 2.75) is 86.2 Å². The summed E-state index contributed by atoms with van der Waals surface area (Å²) in [6.07, 6.45) is 0. The molecule has 0 amide bonds. The Bertz CT molecular complexity index is 1580. The van der Waals surface area contributed by atoms with Crippen LogP contribution in [0.5, 0.6) is 0 Å². The van der Waals surface area contributed by atoms with Gasteiger partial charge in [-0.1, -0.05) is 66.7 Å². The van der Waals surface area contributed by atoms with Crippen LogP contribution in [0.15, 0.2) is 71.6 Å². The zero-order valence-electron chi connectivity index (χ0n) is 26.7. The Morgan fingerprint density at radius 1 is 0.548 bits per heavy atom. The molecule has 4 aromatic rings. The first-order valence-electron chi connectivity index (χ1n) is 14.2. The monoisotopic (exact) mass is 672 g/mol. The van der Waals surface area contributed by atoms with Gasteiger partial charge in [0.15, 0.2) is 0 Å². The summed E-state index contributed by atoms with van der Waals surface area (Å²) in [6, 6.07) is 20.2. The fourth-order valence-electron chi connectivity index (χ4n) is 5.39. The van der Waals surface area contributed by atoms with Gasteiger partial charge in [0.1, 0.15) is 0 Å². The van der Waals surface area contributed by atoms with Crippen LogP contribution in [0, 0.1) is 69.2 Å². The van der Waals surface area contributed by atoms with Gasteiger partial charge < -0.3 is 5.73 Å². The minimum absolute atomic E-state index is 0. The zero-order valence-corrected chi connectivity index (χ0v) is 29.2. The minimum Gasteiger partial charge on any atom is -0.322 e. The molecule has 6 heteroatoms. The Balaban J connectivity index is 0.000000433. The number of nitrogens with two attached hydrogens (primary N) is 1. The van der Waals surface area contributed by atoms with Crippen LogP contribution in [-0.4, -0.2) is 8.42 Å². The molecule has 4 rings (SSSR count). The maximum Gasteiger partial charge on any atom is 0.241 e. The summed E-state index contributed by atoms with van der Waals surface area (Å²) in [5.41, 5.74) is 20.1. The number of benzene rings is 4. The topological polar surface area (TPSA) is 72.2 Å². The van der Waals surface area contributed by atoms with E-state index in [9.17, 15) is 8.42 Å². The molecular weight excluding hydrogens is 626 g/mol. The van der Waals surface area contributed by atoms with E-state index in [2.05, 4.69) is 45.4 Å². The van der Waals surface area contributed by atoms with Crippen LogP contribution in [-0.2, 0) is 29.5 Å². The molecule has 0 aliphatic rings. The van der Waals surface area contributed by atoms with E-state index in [4.69, 9.17) is 5.73 Å². The molecule has 0 saturated heterocycles. The summed E-state index contributed by atoms with van der Waals surface area (Å²) in [4.78, 5) is 0.351. The van der Waals surface area contributed by atoms with E-state index in [1.807, 2.05) is 95.3 Å². The third kappa shape index (κ3) is 7.65. The molecule has 4 aromatic carbocycles. The number of rotatable bonds is 6. The first kappa shape index (κ1) is 35.6. The number of nitrogens with one attached hydrogen (secondary N) is 1. The Morgan fingerprint density at radius 2 is 0.905 bits per heavy atom. The van der Waals surface area contributed by atoms with Crippen LogP contribution < -0.4 is 10.5 Å². The van der Waals surface area contributed by atoms with Gasteiger partial charge in [0.2, 0.25) is 10.0 Å². The smallest absolute Gasteiger partial charge is 0.241 e. The van der Waals surface area contributed by atoms with Crippen molar-refractivity contribution in [3.63, 3.8) is 0 Å². The Labute approximate surface area is 267 Å². The van der Waals surface area contributed by atoms with Gasteiger partial charge >= 0.3 is 0 Å². The maximum atomic E-state index is 13.6. The summed E-state index contributed by atoms with van der Waals surface area (Å²) in [7, 11) is -3.81. The summed E-state index contributed by atoms with van der Waals surface area (Å²) < 4.78 is 30.2. The van der Waals surface area contributed by atoms with E-state index in [1.165, 1.54) is 27.8 Å². The molecule has 0 radical (unpaired) electrons. The molecule has 0 aromatic heterocycles. The van der Waals surface area contributed by atoms with Crippen molar-refractivity contribution < 1.29 is 27.9 Å². The molecule has 3 N–H and O–H groups in total. The van der Waals surface area contributed by atoms with Crippen molar-refractivity contribution >= 4 is 10.0 Å². The van der Waals surface area contributed by atoms with Gasteiger partial charge in [0.25, 0.3) is 0 Å². The Kier molecular flexibility index (Phi) is 12.5. The predicted octanol–water partition coefficient (Wildman–Crippen LogP) is 8.17. The van der Waals surface area contributed by atoms with Gasteiger partial charge in [-0.25, -0.2) is 13.1 Å². The van der Waals surface area contributed by atoms with E-state index in [1.54, 1.807) is 0 Å². The number of aryl methyl sites for hydroxylation is 2. The molecule has 42 heavy (non-hydrogen) atoms. The summed E-state index contributed by atoms with van der Waals surface area (Å²) in [5.74, 6) is 0. The first-order chi connectivity index (χ1) is 19.2. The molecule has 0 spiro atoms. The fourth-order valence-corrected chi connectivity index (χ4v) is 7.23. The average molecular weight is 672 g/mol. The molecule has 0 aliphatic carbocycles. The van der Waals surface area contributed by atoms with Crippen molar-refractivity contribution in [1.29, 1.82) is 0 Å². The third-order valence-electron chi connectivity index (χ3n) is 8.93. The van der Waals surface area contributed by atoms with Crippen molar-refractivity contribution in [2.24, 2.45) is 5.73 Å². The van der Waals surface area contributed by atoms with Crippen LogP contribution >= 0.6 is 0 Å². The van der Waals surface area contributed by atoms with E-state index >= 15 is 0 Å². The maximum absolute atomic E-state index is 13.6. The minimum atomic E-state index is -3.81. The quantitative estimate of drug-likeness (QED) is 0.203. The molecule has 4 nitrogen and oxygen atoms in total. The normalized spacial score (nSPS) is 12.5. The molecule has 0 aliphatic heterocycles. The third-order valence-corrected chi connectivity index (χ3v) is 10.6. The van der Waals surface area contributed by atoms with E-state index in [0.717, 1.165) is 38.9 Å². The molecular formula is C36H46N2O2RuS. The average Bonchev–Trinajstić information content (AvgIpc) is 2.96. The SMILES string of the molecule is Cc1c(C)c(C)c(S(=O)(=O)N[C@H](c2ccccc2)[C@H](N)c2ccccc2)c(C)c1C.Cc1cc(C)c(C)c(C)c1C.[Ru]. The van der Waals surface area contributed by atoms with Gasteiger partial charge in [0.05, 0.1) is 17.0 Å². The first-order valence-corrected chi connectivity index (χ1v) is 15.7. The summed E-state index contributed by atoms with van der Waals surface area (Å²) >= 11 is 0. The van der Waals surface area contributed by atoms with Crippen LogP contribution in [0.1, 0.15) is 78.8 Å². The van der Waals surface area contributed by atoms with Gasteiger partial charge in [-0.05, 0) is 136 Å². The van der Waals surface area contributed by atoms with Gasteiger partial charge in [0, 0.05) is 19.5 Å². The second-order valence-corrected chi connectivity index (χ2v) is 12.9. The van der Waals surface area contributed by atoms with Crippen LogP contribution in [0.4, 0.5) is 0 Å². The number of sulfonamides is 1. The van der Waals surface area contributed by atoms with Crippen molar-refractivity contribution in [2.75, 3.05) is 0 Å². The van der Waals surface area contributed by atoms with E-state index in [-0.39, 0.29) is 19.5 Å². The Morgan fingerprint density at radius 3 is 1.33 bits per heavy atom. The van der Waals surface area contributed by atoms with Gasteiger partial charge in [-0.15, -0.1) is 0 Å². The standard InChI is InChI=1S/C25H30N2O2S.C11H16.Ru/c1-16-17(2)19(4)25(20(5)18(16)3)30(28,29)27-24(22-14-10-7-11-15-22)23(26)21-12-8-6-9-13-21;1-7-6-8(2)10(4)11(5)9(7)3;/h6-15,23-24,27H,26H2,1-5H3;6H,1-5H3;/t23-,24-;;/m1../s1. The molecule has 226 valence electrons. The van der Waals surface area contributed by atoms with Crippen molar-refractivity contribution in [3.05, 3.63) is 133 Å². The van der Waals surface area contributed by atoms with Crippen LogP contribution in [0.3, 0.4) is 0 Å². The van der Waals surface area contributed by atoms with Gasteiger partial charge in [-0.2, -0.15) is 0 Å². The molecule has 0 heterocycles. The summed E-state index contributed by atoms with van der Waals surface area (Å²) in [5, 5.41) is 0. The number of hydrogen-bond donors (Lipinski definition) is 2. The van der Waals surface area contributed by atoms with E-state index < -0.39 is 22.1 Å². The predicted molar refractivity (Wildman–Crippen MR) is 173 cm³/mol. The zero-order chi connectivity index (χ0) is 30.6. The Hall–Kier alpha value is -2.63. The van der Waals surface area contributed by atoms with Crippen molar-refractivity contribution in [3.8, 4) is 0 Å². The van der Waals surface area contributed by atoms with Crippen LogP contribution in [0.25, 0.3) is 0 Å². The molecule has 0 saturated carbocycles. The molecule has 0 fully saturated rings. The summed E-state index contributed by atoms with van der Waals surface area (Å²) in [6.45, 7) is 20.7. The number of hydrogen-bond acceptors (Lipinski definition) is 3. The second-order valence-electron chi connectivity index (χ2n) is 11.3. The molecule has 0 unspecified atom stereocenters. The van der Waals surface area contributed by atoms with Crippen molar-refractivity contribution in [1.82, 2.24) is 4.72 Å². The molecule has 0 bridgehead atoms. The van der Waals surface area contributed by atoms with Gasteiger partial charge in [-0.3, -0.25) is 0 Å². The largest absolute Gasteiger partial charge is 0.322 e. The van der Waals surface area contributed by atoms with E-state index in [0.29, 0.717) is 4.90 Å². The second kappa shape index (κ2) is 14.7.